The van der Waals surface area contributed by atoms with Gasteiger partial charge in [0.25, 0.3) is 0 Å². The molecule has 0 aliphatic heterocycles. The second-order valence-corrected chi connectivity index (χ2v) is 3.68. The standard InChI is InChI=1S/C8H11N3O4S/c1-15-5(12)2-10-8-11-4(3-16-8)6(9)7(13)14/h3,6H,2,9H2,1H3,(H,10,11)(H,13,14). The zero-order valence-corrected chi connectivity index (χ0v) is 9.28. The maximum Gasteiger partial charge on any atom is 0.326 e. The van der Waals surface area contributed by atoms with E-state index in [1.807, 2.05) is 0 Å². The molecule has 8 heteroatoms. The van der Waals surface area contributed by atoms with Crippen LogP contribution in [-0.2, 0) is 14.3 Å². The molecule has 1 unspecified atom stereocenters. The Hall–Kier alpha value is -1.67. The van der Waals surface area contributed by atoms with E-state index in [0.29, 0.717) is 5.13 Å². The Kier molecular flexibility index (Phi) is 4.20. The fourth-order valence-corrected chi connectivity index (χ4v) is 1.60. The number of rotatable bonds is 5. The van der Waals surface area contributed by atoms with E-state index in [-0.39, 0.29) is 12.2 Å². The summed E-state index contributed by atoms with van der Waals surface area (Å²) in [7, 11) is 1.28. The number of methoxy groups -OCH3 is 1. The van der Waals surface area contributed by atoms with E-state index in [4.69, 9.17) is 10.8 Å². The van der Waals surface area contributed by atoms with Crippen LogP contribution in [0.25, 0.3) is 0 Å². The zero-order chi connectivity index (χ0) is 12.1. The minimum absolute atomic E-state index is 0.0221. The van der Waals surface area contributed by atoms with Crippen molar-refractivity contribution in [1.29, 1.82) is 0 Å². The van der Waals surface area contributed by atoms with Crippen LogP contribution in [0.3, 0.4) is 0 Å². The summed E-state index contributed by atoms with van der Waals surface area (Å²) in [6.07, 6.45) is 0. The number of thiazole rings is 1. The number of hydrogen-bond donors (Lipinski definition) is 3. The van der Waals surface area contributed by atoms with Crippen molar-refractivity contribution < 1.29 is 19.4 Å². The van der Waals surface area contributed by atoms with Gasteiger partial charge in [0.15, 0.2) is 5.13 Å². The Morgan fingerprint density at radius 1 is 1.75 bits per heavy atom. The lowest BCUT2D eigenvalue weighted by molar-refractivity contribution is -0.139. The molecule has 4 N–H and O–H groups in total. The van der Waals surface area contributed by atoms with Crippen molar-refractivity contribution >= 4 is 28.4 Å². The summed E-state index contributed by atoms with van der Waals surface area (Å²) < 4.78 is 4.42. The molecule has 88 valence electrons. The van der Waals surface area contributed by atoms with E-state index in [9.17, 15) is 9.59 Å². The molecular formula is C8H11N3O4S. The molecule has 0 aliphatic carbocycles. The molecule has 0 saturated carbocycles. The smallest absolute Gasteiger partial charge is 0.326 e. The number of aromatic nitrogens is 1. The van der Waals surface area contributed by atoms with Crippen LogP contribution < -0.4 is 11.1 Å². The number of nitrogens with zero attached hydrogens (tertiary/aromatic N) is 1. The quantitative estimate of drug-likeness (QED) is 0.616. The topological polar surface area (TPSA) is 115 Å². The first-order valence-electron chi connectivity index (χ1n) is 4.29. The SMILES string of the molecule is COC(=O)CNc1nc(C(N)C(=O)O)cs1. The van der Waals surface area contributed by atoms with Crippen molar-refractivity contribution in [2.75, 3.05) is 19.0 Å². The molecule has 0 bridgehead atoms. The van der Waals surface area contributed by atoms with Crippen molar-refractivity contribution in [1.82, 2.24) is 4.98 Å². The Labute approximate surface area is 95.2 Å². The van der Waals surface area contributed by atoms with Crippen LogP contribution in [0, 0.1) is 0 Å². The summed E-state index contributed by atoms with van der Waals surface area (Å²) in [5.41, 5.74) is 5.61. The molecule has 0 aliphatic rings. The van der Waals surface area contributed by atoms with Crippen LogP contribution >= 0.6 is 11.3 Å². The second-order valence-electron chi connectivity index (χ2n) is 2.82. The van der Waals surface area contributed by atoms with Crippen LogP contribution in [0.4, 0.5) is 5.13 Å². The highest BCUT2D eigenvalue weighted by Gasteiger charge is 2.17. The van der Waals surface area contributed by atoms with Crippen molar-refractivity contribution in [3.05, 3.63) is 11.1 Å². The minimum Gasteiger partial charge on any atom is -0.480 e. The number of anilines is 1. The van der Waals surface area contributed by atoms with Gasteiger partial charge in [-0.1, -0.05) is 0 Å². The number of nitrogens with one attached hydrogen (secondary N) is 1. The van der Waals surface area contributed by atoms with Gasteiger partial charge in [0.05, 0.1) is 12.8 Å². The molecule has 0 fully saturated rings. The zero-order valence-electron chi connectivity index (χ0n) is 8.47. The average molecular weight is 245 g/mol. The molecule has 1 heterocycles. The number of carbonyl (C=O) groups excluding carboxylic acids is 1. The number of carboxylic acids is 1. The second kappa shape index (κ2) is 5.42. The summed E-state index contributed by atoms with van der Waals surface area (Å²) in [4.78, 5) is 25.3. The van der Waals surface area contributed by atoms with Crippen LogP contribution in [-0.4, -0.2) is 35.7 Å². The van der Waals surface area contributed by atoms with Gasteiger partial charge in [0, 0.05) is 5.38 Å². The lowest BCUT2D eigenvalue weighted by Gasteiger charge is -2.01. The molecule has 16 heavy (non-hydrogen) atoms. The van der Waals surface area contributed by atoms with Gasteiger partial charge in [-0.2, -0.15) is 0 Å². The normalized spacial score (nSPS) is 11.9. The lowest BCUT2D eigenvalue weighted by Crippen LogP contribution is -2.21. The third kappa shape index (κ3) is 3.17. The summed E-state index contributed by atoms with van der Waals surface area (Å²) in [6, 6.07) is -1.15. The number of nitrogens with two attached hydrogens (primary N) is 1. The number of esters is 1. The van der Waals surface area contributed by atoms with Crippen molar-refractivity contribution in [2.45, 2.75) is 6.04 Å². The highest BCUT2D eigenvalue weighted by Crippen LogP contribution is 2.19. The number of ether oxygens (including phenoxy) is 1. The average Bonchev–Trinajstić information content (AvgIpc) is 2.73. The molecule has 1 rings (SSSR count). The van der Waals surface area contributed by atoms with E-state index >= 15 is 0 Å². The third-order valence-corrected chi connectivity index (χ3v) is 2.54. The van der Waals surface area contributed by atoms with Crippen LogP contribution in [0.15, 0.2) is 5.38 Å². The third-order valence-electron chi connectivity index (χ3n) is 1.72. The first-order chi connectivity index (χ1) is 7.54. The molecule has 0 radical (unpaired) electrons. The van der Waals surface area contributed by atoms with E-state index in [1.54, 1.807) is 0 Å². The number of carboxylic acid groups (broad SMARTS) is 1. The highest BCUT2D eigenvalue weighted by molar-refractivity contribution is 7.13. The number of carbonyl (C=O) groups is 2. The predicted octanol–water partition coefficient (Wildman–Crippen LogP) is -0.188. The van der Waals surface area contributed by atoms with Gasteiger partial charge in [0.2, 0.25) is 0 Å². The van der Waals surface area contributed by atoms with E-state index < -0.39 is 18.0 Å². The molecule has 0 aromatic carbocycles. The summed E-state index contributed by atoms with van der Waals surface area (Å²) in [6.45, 7) is -0.0221. The molecule has 0 saturated heterocycles. The predicted molar refractivity (Wildman–Crippen MR) is 57.2 cm³/mol. The summed E-state index contributed by atoms with van der Waals surface area (Å²) >= 11 is 1.17. The number of aliphatic carboxylic acids is 1. The van der Waals surface area contributed by atoms with Crippen LogP contribution in [0.5, 0.6) is 0 Å². The van der Waals surface area contributed by atoms with Gasteiger partial charge in [-0.05, 0) is 0 Å². The van der Waals surface area contributed by atoms with Gasteiger partial charge < -0.3 is 20.9 Å². The molecule has 1 aromatic heterocycles. The van der Waals surface area contributed by atoms with Gasteiger partial charge in [-0.25, -0.2) is 4.98 Å². The van der Waals surface area contributed by atoms with Crippen molar-refractivity contribution in [3.63, 3.8) is 0 Å². The largest absolute Gasteiger partial charge is 0.480 e. The first-order valence-corrected chi connectivity index (χ1v) is 5.17. The minimum atomic E-state index is -1.15. The molecule has 7 nitrogen and oxygen atoms in total. The van der Waals surface area contributed by atoms with Crippen molar-refractivity contribution in [2.24, 2.45) is 5.73 Å². The van der Waals surface area contributed by atoms with Gasteiger partial charge in [-0.15, -0.1) is 11.3 Å². The Bertz CT molecular complexity index is 392. The molecule has 0 spiro atoms. The van der Waals surface area contributed by atoms with Gasteiger partial charge >= 0.3 is 11.9 Å². The summed E-state index contributed by atoms with van der Waals surface area (Å²) in [5, 5.41) is 13.3. The monoisotopic (exact) mass is 245 g/mol. The lowest BCUT2D eigenvalue weighted by atomic mass is 10.2. The van der Waals surface area contributed by atoms with Gasteiger partial charge in [-0.3, -0.25) is 9.59 Å². The van der Waals surface area contributed by atoms with Crippen LogP contribution in [0.2, 0.25) is 0 Å². The number of hydrogen-bond acceptors (Lipinski definition) is 7. The Morgan fingerprint density at radius 2 is 2.44 bits per heavy atom. The van der Waals surface area contributed by atoms with E-state index in [1.165, 1.54) is 23.8 Å². The van der Waals surface area contributed by atoms with Crippen LogP contribution in [0.1, 0.15) is 11.7 Å². The van der Waals surface area contributed by atoms with E-state index in [0.717, 1.165) is 0 Å². The maximum atomic E-state index is 10.8. The van der Waals surface area contributed by atoms with Gasteiger partial charge in [0.1, 0.15) is 12.6 Å². The van der Waals surface area contributed by atoms with Crippen molar-refractivity contribution in [3.8, 4) is 0 Å². The Balaban J connectivity index is 2.58. The molecule has 0 amide bonds. The van der Waals surface area contributed by atoms with E-state index in [2.05, 4.69) is 15.0 Å². The Morgan fingerprint density at radius 3 is 3.00 bits per heavy atom. The molecule has 1 aromatic rings. The summed E-state index contributed by atoms with van der Waals surface area (Å²) in [5.74, 6) is -1.58. The molecular weight excluding hydrogens is 234 g/mol. The fraction of sp³-hybridized carbons (Fsp3) is 0.375. The first kappa shape index (κ1) is 12.4. The maximum absolute atomic E-state index is 10.8. The highest BCUT2D eigenvalue weighted by atomic mass is 32.1. The fourth-order valence-electron chi connectivity index (χ4n) is 0.857. The molecule has 1 atom stereocenters.